The van der Waals surface area contributed by atoms with Gasteiger partial charge in [0.1, 0.15) is 6.33 Å². The molecule has 2 heterocycles. The number of carbonyl (C=O) groups is 1. The van der Waals surface area contributed by atoms with Gasteiger partial charge < -0.3 is 5.32 Å². The van der Waals surface area contributed by atoms with Crippen molar-refractivity contribution in [3.63, 3.8) is 0 Å². The molecule has 4 rings (SSSR count). The minimum Gasteiger partial charge on any atom is -0.305 e. The minimum absolute atomic E-state index is 0.228. The number of nitrogens with one attached hydrogen (secondary N) is 2. The molecule has 0 saturated carbocycles. The maximum absolute atomic E-state index is 12.5. The van der Waals surface area contributed by atoms with Crippen molar-refractivity contribution < 1.29 is 4.79 Å². The van der Waals surface area contributed by atoms with Crippen LogP contribution in [0.1, 0.15) is 15.9 Å². The van der Waals surface area contributed by atoms with Crippen molar-refractivity contribution in [2.45, 2.75) is 6.92 Å². The van der Waals surface area contributed by atoms with Crippen LogP contribution in [0.25, 0.3) is 22.2 Å². The lowest BCUT2D eigenvalue weighted by atomic mass is 10.1. The van der Waals surface area contributed by atoms with Crippen LogP contribution in [0, 0.1) is 6.92 Å². The minimum atomic E-state index is -0.228. The van der Waals surface area contributed by atoms with E-state index in [1.54, 1.807) is 24.4 Å². The Morgan fingerprint density at radius 2 is 2.00 bits per heavy atom. The van der Waals surface area contributed by atoms with E-state index in [1.165, 1.54) is 6.33 Å². The monoisotopic (exact) mass is 329 g/mol. The van der Waals surface area contributed by atoms with E-state index >= 15 is 0 Å². The first-order valence-electron chi connectivity index (χ1n) is 7.83. The number of fused-ring (bicyclic) bond motifs is 1. The molecule has 25 heavy (non-hydrogen) atoms. The molecule has 2 aromatic heterocycles. The fourth-order valence-electron chi connectivity index (χ4n) is 2.71. The van der Waals surface area contributed by atoms with E-state index in [0.717, 1.165) is 27.7 Å². The number of aromatic amines is 1. The highest BCUT2D eigenvalue weighted by Gasteiger charge is 2.11. The summed E-state index contributed by atoms with van der Waals surface area (Å²) in [4.78, 5) is 20.6. The number of H-pyrrole nitrogens is 1. The number of benzene rings is 2. The van der Waals surface area contributed by atoms with Crippen molar-refractivity contribution >= 4 is 22.6 Å². The Balaban J connectivity index is 1.57. The molecule has 0 atom stereocenters. The molecule has 122 valence electrons. The Morgan fingerprint density at radius 1 is 1.12 bits per heavy atom. The van der Waals surface area contributed by atoms with Crippen LogP contribution in [0.5, 0.6) is 0 Å². The zero-order chi connectivity index (χ0) is 17.2. The lowest BCUT2D eigenvalue weighted by Crippen LogP contribution is -2.12. The van der Waals surface area contributed by atoms with Crippen LogP contribution in [0.3, 0.4) is 0 Å². The molecule has 0 saturated heterocycles. The van der Waals surface area contributed by atoms with Crippen LogP contribution in [-0.2, 0) is 0 Å². The molecule has 0 bridgehead atoms. The SMILES string of the molecule is Cc1ccccc1-c1cc(NC(=O)c2ccc3ncncc3c2)n[nH]1. The quantitative estimate of drug-likeness (QED) is 0.602. The van der Waals surface area contributed by atoms with Gasteiger partial charge >= 0.3 is 0 Å². The molecule has 2 N–H and O–H groups in total. The van der Waals surface area contributed by atoms with Crippen LogP contribution < -0.4 is 5.32 Å². The number of hydrogen-bond donors (Lipinski definition) is 2. The van der Waals surface area contributed by atoms with E-state index < -0.39 is 0 Å². The van der Waals surface area contributed by atoms with Gasteiger partial charge in [-0.25, -0.2) is 9.97 Å². The number of aromatic nitrogens is 4. The van der Waals surface area contributed by atoms with Gasteiger partial charge in [0.15, 0.2) is 5.82 Å². The zero-order valence-electron chi connectivity index (χ0n) is 13.5. The normalized spacial score (nSPS) is 10.8. The molecule has 0 aliphatic rings. The third-order valence-electron chi connectivity index (χ3n) is 4.02. The smallest absolute Gasteiger partial charge is 0.256 e. The molecule has 6 heteroatoms. The first-order valence-corrected chi connectivity index (χ1v) is 7.83. The number of amides is 1. The second-order valence-corrected chi connectivity index (χ2v) is 5.73. The van der Waals surface area contributed by atoms with Crippen LogP contribution in [-0.4, -0.2) is 26.1 Å². The lowest BCUT2D eigenvalue weighted by Gasteiger charge is -2.03. The van der Waals surface area contributed by atoms with E-state index in [4.69, 9.17) is 0 Å². The van der Waals surface area contributed by atoms with E-state index in [9.17, 15) is 4.79 Å². The summed E-state index contributed by atoms with van der Waals surface area (Å²) in [6.45, 7) is 2.03. The van der Waals surface area contributed by atoms with Gasteiger partial charge in [-0.15, -0.1) is 0 Å². The Labute approximate surface area is 144 Å². The van der Waals surface area contributed by atoms with Crippen molar-refractivity contribution in [3.8, 4) is 11.3 Å². The Bertz CT molecular complexity index is 1070. The van der Waals surface area contributed by atoms with Crippen molar-refractivity contribution in [1.82, 2.24) is 20.2 Å². The lowest BCUT2D eigenvalue weighted by molar-refractivity contribution is 0.102. The number of rotatable bonds is 3. The van der Waals surface area contributed by atoms with Crippen molar-refractivity contribution in [3.05, 3.63) is 72.2 Å². The van der Waals surface area contributed by atoms with E-state index in [-0.39, 0.29) is 5.91 Å². The Hall–Kier alpha value is -3.54. The van der Waals surface area contributed by atoms with Gasteiger partial charge in [-0.3, -0.25) is 9.89 Å². The van der Waals surface area contributed by atoms with E-state index in [0.29, 0.717) is 11.4 Å². The fourth-order valence-corrected chi connectivity index (χ4v) is 2.71. The summed E-state index contributed by atoms with van der Waals surface area (Å²) in [6, 6.07) is 15.1. The van der Waals surface area contributed by atoms with Gasteiger partial charge in [0.25, 0.3) is 5.91 Å². The number of hydrogen-bond acceptors (Lipinski definition) is 4. The first-order chi connectivity index (χ1) is 12.2. The molecule has 0 fully saturated rings. The third kappa shape index (κ3) is 2.97. The average molecular weight is 329 g/mol. The molecular weight excluding hydrogens is 314 g/mol. The molecule has 0 radical (unpaired) electrons. The molecule has 4 aromatic rings. The van der Waals surface area contributed by atoms with Crippen LogP contribution >= 0.6 is 0 Å². The molecule has 1 amide bonds. The Kier molecular flexibility index (Phi) is 3.70. The van der Waals surface area contributed by atoms with Crippen molar-refractivity contribution in [1.29, 1.82) is 0 Å². The average Bonchev–Trinajstić information content (AvgIpc) is 3.10. The number of aryl methyl sites for hydroxylation is 1. The molecule has 0 unspecified atom stereocenters. The standard InChI is InChI=1S/C19H15N5O/c1-12-4-2-3-5-15(12)17-9-18(24-23-17)22-19(25)13-6-7-16-14(8-13)10-20-11-21-16/h2-11H,1H3,(H2,22,23,24,25). The number of anilines is 1. The topological polar surface area (TPSA) is 83.6 Å². The highest BCUT2D eigenvalue weighted by Crippen LogP contribution is 2.23. The van der Waals surface area contributed by atoms with Gasteiger partial charge in [-0.1, -0.05) is 24.3 Å². The van der Waals surface area contributed by atoms with Gasteiger partial charge in [0.2, 0.25) is 0 Å². The zero-order valence-corrected chi connectivity index (χ0v) is 13.5. The Morgan fingerprint density at radius 3 is 2.88 bits per heavy atom. The van der Waals surface area contributed by atoms with Crippen molar-refractivity contribution in [2.24, 2.45) is 0 Å². The second kappa shape index (κ2) is 6.16. The van der Waals surface area contributed by atoms with Crippen LogP contribution in [0.4, 0.5) is 5.82 Å². The van der Waals surface area contributed by atoms with Gasteiger partial charge in [-0.2, -0.15) is 5.10 Å². The maximum Gasteiger partial charge on any atom is 0.256 e. The summed E-state index contributed by atoms with van der Waals surface area (Å²) in [7, 11) is 0. The molecule has 6 nitrogen and oxygen atoms in total. The highest BCUT2D eigenvalue weighted by molar-refractivity contribution is 6.05. The van der Waals surface area contributed by atoms with Gasteiger partial charge in [0, 0.05) is 28.8 Å². The largest absolute Gasteiger partial charge is 0.305 e. The van der Waals surface area contributed by atoms with E-state index in [1.807, 2.05) is 37.3 Å². The summed E-state index contributed by atoms with van der Waals surface area (Å²) in [5.41, 5.74) is 4.38. The maximum atomic E-state index is 12.5. The van der Waals surface area contributed by atoms with Crippen molar-refractivity contribution in [2.75, 3.05) is 5.32 Å². The predicted molar refractivity (Wildman–Crippen MR) is 96.3 cm³/mol. The van der Waals surface area contributed by atoms with Gasteiger partial charge in [0.05, 0.1) is 11.2 Å². The number of carbonyl (C=O) groups excluding carboxylic acids is 1. The highest BCUT2D eigenvalue weighted by atomic mass is 16.1. The molecular formula is C19H15N5O. The summed E-state index contributed by atoms with van der Waals surface area (Å²) in [5.74, 6) is 0.251. The van der Waals surface area contributed by atoms with Crippen LogP contribution in [0.2, 0.25) is 0 Å². The molecule has 0 aliphatic carbocycles. The van der Waals surface area contributed by atoms with E-state index in [2.05, 4.69) is 25.5 Å². The molecule has 0 spiro atoms. The summed E-state index contributed by atoms with van der Waals surface area (Å²) < 4.78 is 0. The summed E-state index contributed by atoms with van der Waals surface area (Å²) >= 11 is 0. The predicted octanol–water partition coefficient (Wildman–Crippen LogP) is 3.58. The summed E-state index contributed by atoms with van der Waals surface area (Å²) in [6.07, 6.45) is 3.17. The number of nitrogens with zero attached hydrogens (tertiary/aromatic N) is 3. The third-order valence-corrected chi connectivity index (χ3v) is 4.02. The fraction of sp³-hybridized carbons (Fsp3) is 0.0526. The molecule has 2 aromatic carbocycles. The second-order valence-electron chi connectivity index (χ2n) is 5.73. The van der Waals surface area contributed by atoms with Gasteiger partial charge in [-0.05, 0) is 30.7 Å². The summed E-state index contributed by atoms with van der Waals surface area (Å²) in [5, 5.41) is 10.8. The molecule has 0 aliphatic heterocycles. The van der Waals surface area contributed by atoms with Crippen LogP contribution in [0.15, 0.2) is 61.1 Å². The first kappa shape index (κ1) is 15.0.